The van der Waals surface area contributed by atoms with E-state index in [-0.39, 0.29) is 0 Å². The van der Waals surface area contributed by atoms with Gasteiger partial charge in [-0.2, -0.15) is 0 Å². The lowest BCUT2D eigenvalue weighted by Gasteiger charge is -2.29. The van der Waals surface area contributed by atoms with E-state index in [1.165, 1.54) is 0 Å². The Morgan fingerprint density at radius 1 is 1.22 bits per heavy atom. The molecule has 2 rings (SSSR count). The van der Waals surface area contributed by atoms with Gasteiger partial charge in [-0.3, -0.25) is 0 Å². The summed E-state index contributed by atoms with van der Waals surface area (Å²) >= 11 is 3.46. The fourth-order valence-electron chi connectivity index (χ4n) is 1.92. The summed E-state index contributed by atoms with van der Waals surface area (Å²) in [7, 11) is 0. The van der Waals surface area contributed by atoms with E-state index >= 15 is 0 Å². The maximum absolute atomic E-state index is 5.77. The van der Waals surface area contributed by atoms with Crippen molar-refractivity contribution in [1.82, 2.24) is 9.97 Å². The van der Waals surface area contributed by atoms with Crippen molar-refractivity contribution in [2.45, 2.75) is 19.6 Å². The van der Waals surface area contributed by atoms with Gasteiger partial charge in [0.25, 0.3) is 0 Å². The van der Waals surface area contributed by atoms with Crippen molar-refractivity contribution in [3.63, 3.8) is 0 Å². The summed E-state index contributed by atoms with van der Waals surface area (Å²) in [6.45, 7) is 5.00. The zero-order valence-corrected chi connectivity index (χ0v) is 12.2. The number of para-hydroxylation sites is 2. The van der Waals surface area contributed by atoms with Crippen LogP contribution in [0.1, 0.15) is 19.7 Å². The molecule has 0 saturated carbocycles. The standard InChI is InChI=1S/C13H17BrN2O2/c1-3-17-13(9-14,18-4-2)12-15-10-7-5-6-8-11(10)16-12/h5-8H,3-4,9H2,1-2H3,(H,15,16). The van der Waals surface area contributed by atoms with Gasteiger partial charge in [0.1, 0.15) is 0 Å². The van der Waals surface area contributed by atoms with Crippen molar-refractivity contribution < 1.29 is 9.47 Å². The zero-order chi connectivity index (χ0) is 13.0. The number of aromatic amines is 1. The van der Waals surface area contributed by atoms with Gasteiger partial charge < -0.3 is 14.5 Å². The minimum absolute atomic E-state index is 0.529. The average Bonchev–Trinajstić information content (AvgIpc) is 2.82. The molecule has 0 amide bonds. The number of nitrogens with zero attached hydrogens (tertiary/aromatic N) is 1. The number of halogens is 1. The van der Waals surface area contributed by atoms with E-state index in [9.17, 15) is 0 Å². The maximum atomic E-state index is 5.77. The Bertz CT molecular complexity index is 473. The topological polar surface area (TPSA) is 47.1 Å². The highest BCUT2D eigenvalue weighted by Crippen LogP contribution is 2.29. The number of imidazole rings is 1. The van der Waals surface area contributed by atoms with Gasteiger partial charge in [-0.05, 0) is 26.0 Å². The molecule has 18 heavy (non-hydrogen) atoms. The van der Waals surface area contributed by atoms with E-state index in [1.54, 1.807) is 0 Å². The molecule has 1 heterocycles. The van der Waals surface area contributed by atoms with Gasteiger partial charge in [0.2, 0.25) is 5.79 Å². The number of alkyl halides is 1. The van der Waals surface area contributed by atoms with Gasteiger partial charge in [-0.15, -0.1) is 0 Å². The number of benzene rings is 1. The Hall–Kier alpha value is -0.910. The monoisotopic (exact) mass is 312 g/mol. The van der Waals surface area contributed by atoms with Gasteiger partial charge in [-0.1, -0.05) is 28.1 Å². The van der Waals surface area contributed by atoms with Crippen LogP contribution in [-0.2, 0) is 15.3 Å². The van der Waals surface area contributed by atoms with E-state index in [4.69, 9.17) is 9.47 Å². The number of H-pyrrole nitrogens is 1. The molecule has 2 aromatic rings. The highest BCUT2D eigenvalue weighted by atomic mass is 79.9. The van der Waals surface area contributed by atoms with Crippen LogP contribution in [0.3, 0.4) is 0 Å². The first kappa shape index (κ1) is 13.5. The van der Waals surface area contributed by atoms with Crippen LogP contribution in [0, 0.1) is 0 Å². The second-order valence-corrected chi connectivity index (χ2v) is 4.42. The Morgan fingerprint density at radius 3 is 2.44 bits per heavy atom. The lowest BCUT2D eigenvalue weighted by atomic mass is 10.3. The number of aromatic nitrogens is 2. The van der Waals surface area contributed by atoms with E-state index in [2.05, 4.69) is 25.9 Å². The number of ether oxygens (including phenoxy) is 2. The fourth-order valence-corrected chi connectivity index (χ4v) is 2.51. The molecule has 1 aromatic carbocycles. The molecule has 0 saturated heterocycles. The van der Waals surface area contributed by atoms with E-state index in [0.29, 0.717) is 24.4 Å². The summed E-state index contributed by atoms with van der Waals surface area (Å²) in [6.07, 6.45) is 0. The summed E-state index contributed by atoms with van der Waals surface area (Å²) in [5.74, 6) is -0.146. The molecular formula is C13H17BrN2O2. The SMILES string of the molecule is CCOC(CBr)(OCC)c1nc2ccccc2[nH]1. The summed E-state index contributed by atoms with van der Waals surface area (Å²) in [4.78, 5) is 7.82. The third-order valence-corrected chi connectivity index (χ3v) is 3.42. The van der Waals surface area contributed by atoms with Crippen LogP contribution in [0.2, 0.25) is 0 Å². The first-order chi connectivity index (χ1) is 8.75. The van der Waals surface area contributed by atoms with E-state index in [0.717, 1.165) is 11.0 Å². The van der Waals surface area contributed by atoms with Crippen LogP contribution < -0.4 is 0 Å². The molecule has 1 N–H and O–H groups in total. The van der Waals surface area contributed by atoms with Gasteiger partial charge in [-0.25, -0.2) is 4.98 Å². The van der Waals surface area contributed by atoms with Gasteiger partial charge in [0.15, 0.2) is 5.82 Å². The van der Waals surface area contributed by atoms with Crippen LogP contribution in [-0.4, -0.2) is 28.5 Å². The average molecular weight is 313 g/mol. The maximum Gasteiger partial charge on any atom is 0.238 e. The Balaban J connectivity index is 2.45. The molecule has 1 aromatic heterocycles. The molecular weight excluding hydrogens is 296 g/mol. The molecule has 0 bridgehead atoms. The van der Waals surface area contributed by atoms with Crippen molar-refractivity contribution in [3.05, 3.63) is 30.1 Å². The minimum Gasteiger partial charge on any atom is -0.343 e. The largest absolute Gasteiger partial charge is 0.343 e. The molecule has 0 radical (unpaired) electrons. The Kier molecular flexibility index (Phi) is 4.37. The number of fused-ring (bicyclic) bond motifs is 1. The summed E-state index contributed by atoms with van der Waals surface area (Å²) in [6, 6.07) is 7.89. The first-order valence-corrected chi connectivity index (χ1v) is 7.17. The van der Waals surface area contributed by atoms with Crippen LogP contribution in [0.25, 0.3) is 11.0 Å². The summed E-state index contributed by atoms with van der Waals surface area (Å²) < 4.78 is 11.5. The van der Waals surface area contributed by atoms with Crippen LogP contribution in [0.5, 0.6) is 0 Å². The molecule has 5 heteroatoms. The number of nitrogens with one attached hydrogen (secondary N) is 1. The van der Waals surface area contributed by atoms with Gasteiger partial charge >= 0.3 is 0 Å². The fraction of sp³-hybridized carbons (Fsp3) is 0.462. The summed E-state index contributed by atoms with van der Waals surface area (Å²) in [5, 5.41) is 0.529. The van der Waals surface area contributed by atoms with Crippen molar-refractivity contribution in [2.24, 2.45) is 0 Å². The minimum atomic E-state index is -0.845. The molecule has 0 spiro atoms. The number of rotatable bonds is 6. The van der Waals surface area contributed by atoms with Crippen molar-refractivity contribution in [1.29, 1.82) is 0 Å². The first-order valence-electron chi connectivity index (χ1n) is 6.05. The number of hydrogen-bond donors (Lipinski definition) is 1. The van der Waals surface area contributed by atoms with E-state index in [1.807, 2.05) is 38.1 Å². The third-order valence-electron chi connectivity index (χ3n) is 2.68. The lowest BCUT2D eigenvalue weighted by Crippen LogP contribution is -2.36. The second-order valence-electron chi connectivity index (χ2n) is 3.86. The Labute approximate surface area is 115 Å². The van der Waals surface area contributed by atoms with Crippen molar-refractivity contribution in [3.8, 4) is 0 Å². The second kappa shape index (κ2) is 5.82. The number of hydrogen-bond acceptors (Lipinski definition) is 3. The Morgan fingerprint density at radius 2 is 1.89 bits per heavy atom. The molecule has 0 unspecified atom stereocenters. The highest BCUT2D eigenvalue weighted by molar-refractivity contribution is 9.09. The highest BCUT2D eigenvalue weighted by Gasteiger charge is 2.36. The smallest absolute Gasteiger partial charge is 0.238 e. The van der Waals surface area contributed by atoms with E-state index < -0.39 is 5.79 Å². The molecule has 4 nitrogen and oxygen atoms in total. The molecule has 0 fully saturated rings. The van der Waals surface area contributed by atoms with Crippen molar-refractivity contribution >= 4 is 27.0 Å². The molecule has 0 atom stereocenters. The molecule has 0 aliphatic heterocycles. The predicted octanol–water partition coefficient (Wildman–Crippen LogP) is 3.18. The van der Waals surface area contributed by atoms with Gasteiger partial charge in [0, 0.05) is 13.2 Å². The third kappa shape index (κ3) is 2.43. The van der Waals surface area contributed by atoms with Gasteiger partial charge in [0.05, 0.1) is 16.4 Å². The molecule has 98 valence electrons. The predicted molar refractivity (Wildman–Crippen MR) is 74.8 cm³/mol. The molecule has 0 aliphatic rings. The van der Waals surface area contributed by atoms with Crippen LogP contribution in [0.15, 0.2) is 24.3 Å². The summed E-state index contributed by atoms with van der Waals surface area (Å²) in [5.41, 5.74) is 1.90. The normalized spacial score (nSPS) is 12.2. The van der Waals surface area contributed by atoms with Crippen LogP contribution >= 0.6 is 15.9 Å². The zero-order valence-electron chi connectivity index (χ0n) is 10.6. The lowest BCUT2D eigenvalue weighted by molar-refractivity contribution is -0.229. The van der Waals surface area contributed by atoms with Crippen molar-refractivity contribution in [2.75, 3.05) is 18.5 Å². The quantitative estimate of drug-likeness (QED) is 0.658. The molecule has 0 aliphatic carbocycles. The van der Waals surface area contributed by atoms with Crippen LogP contribution in [0.4, 0.5) is 0 Å².